The summed E-state index contributed by atoms with van der Waals surface area (Å²) in [5, 5.41) is 9.90. The van der Waals surface area contributed by atoms with E-state index in [0.717, 1.165) is 4.47 Å². The Kier molecular flexibility index (Phi) is 4.34. The molecule has 0 atom stereocenters. The Bertz CT molecular complexity index is 634. The normalized spacial score (nSPS) is 10.9. The molecule has 98 valence electrons. The summed E-state index contributed by atoms with van der Waals surface area (Å²) in [7, 11) is 1.48. The van der Waals surface area contributed by atoms with Gasteiger partial charge < -0.3 is 9.84 Å². The van der Waals surface area contributed by atoms with Gasteiger partial charge in [-0.15, -0.1) is 0 Å². The zero-order chi connectivity index (χ0) is 13.8. The standard InChI is InChI=1S/C12H9BrClN3O2/c1-19-11-5-10(14)16-12(17-11)15-6-7-4-8(13)2-3-9(7)18/h2-6,18H,1H3/b15-6+. The number of hydrogen-bond donors (Lipinski definition) is 1. The van der Waals surface area contributed by atoms with E-state index in [2.05, 4.69) is 30.9 Å². The highest BCUT2D eigenvalue weighted by atomic mass is 79.9. The molecule has 1 N–H and O–H groups in total. The Morgan fingerprint density at radius 2 is 2.16 bits per heavy atom. The maximum atomic E-state index is 9.66. The summed E-state index contributed by atoms with van der Waals surface area (Å²) in [6.45, 7) is 0. The second-order valence-electron chi connectivity index (χ2n) is 3.49. The molecule has 2 aromatic rings. The first-order chi connectivity index (χ1) is 9.08. The van der Waals surface area contributed by atoms with Gasteiger partial charge in [0.25, 0.3) is 5.95 Å². The number of methoxy groups -OCH3 is 1. The van der Waals surface area contributed by atoms with Gasteiger partial charge in [-0.2, -0.15) is 9.97 Å². The molecule has 0 bridgehead atoms. The molecule has 0 spiro atoms. The molecule has 1 heterocycles. The van der Waals surface area contributed by atoms with Crippen molar-refractivity contribution < 1.29 is 9.84 Å². The first-order valence-electron chi connectivity index (χ1n) is 5.19. The van der Waals surface area contributed by atoms with Crippen LogP contribution in [0.3, 0.4) is 0 Å². The molecule has 1 aromatic carbocycles. The van der Waals surface area contributed by atoms with Crippen molar-refractivity contribution >= 4 is 39.7 Å². The van der Waals surface area contributed by atoms with E-state index in [9.17, 15) is 5.11 Å². The van der Waals surface area contributed by atoms with Crippen LogP contribution in [0.25, 0.3) is 0 Å². The van der Waals surface area contributed by atoms with E-state index in [-0.39, 0.29) is 16.9 Å². The number of aromatic hydroxyl groups is 1. The van der Waals surface area contributed by atoms with Crippen LogP contribution in [-0.4, -0.2) is 28.4 Å². The van der Waals surface area contributed by atoms with Gasteiger partial charge in [-0.25, -0.2) is 4.99 Å². The van der Waals surface area contributed by atoms with E-state index in [4.69, 9.17) is 16.3 Å². The molecule has 0 aliphatic rings. The number of hydrogen-bond acceptors (Lipinski definition) is 5. The molecule has 0 fully saturated rings. The third-order valence-corrected chi connectivity index (χ3v) is 2.86. The van der Waals surface area contributed by atoms with E-state index in [1.807, 2.05) is 0 Å². The van der Waals surface area contributed by atoms with Gasteiger partial charge in [-0.1, -0.05) is 27.5 Å². The molecule has 5 nitrogen and oxygen atoms in total. The van der Waals surface area contributed by atoms with E-state index in [1.54, 1.807) is 18.2 Å². The topological polar surface area (TPSA) is 67.6 Å². The van der Waals surface area contributed by atoms with E-state index < -0.39 is 0 Å². The smallest absolute Gasteiger partial charge is 0.254 e. The van der Waals surface area contributed by atoms with Crippen molar-refractivity contribution in [2.24, 2.45) is 4.99 Å². The zero-order valence-electron chi connectivity index (χ0n) is 9.84. The number of phenols is 1. The van der Waals surface area contributed by atoms with Crippen LogP contribution in [0.5, 0.6) is 11.6 Å². The average Bonchev–Trinajstić information content (AvgIpc) is 2.39. The van der Waals surface area contributed by atoms with Crippen LogP contribution in [0.4, 0.5) is 5.95 Å². The van der Waals surface area contributed by atoms with Gasteiger partial charge in [-0.3, -0.25) is 0 Å². The van der Waals surface area contributed by atoms with Crippen LogP contribution >= 0.6 is 27.5 Å². The first-order valence-corrected chi connectivity index (χ1v) is 6.37. The molecule has 0 saturated heterocycles. The van der Waals surface area contributed by atoms with Crippen molar-refractivity contribution in [2.75, 3.05) is 7.11 Å². The minimum absolute atomic E-state index is 0.112. The van der Waals surface area contributed by atoms with E-state index in [0.29, 0.717) is 11.4 Å². The van der Waals surface area contributed by atoms with Crippen LogP contribution in [-0.2, 0) is 0 Å². The first kappa shape index (κ1) is 13.8. The maximum Gasteiger partial charge on any atom is 0.254 e. The van der Waals surface area contributed by atoms with Crippen molar-refractivity contribution in [3.8, 4) is 11.6 Å². The van der Waals surface area contributed by atoms with Crippen LogP contribution in [0.2, 0.25) is 5.15 Å². The fraction of sp³-hybridized carbons (Fsp3) is 0.0833. The Balaban J connectivity index is 2.32. The summed E-state index contributed by atoms with van der Waals surface area (Å²) >= 11 is 9.12. The SMILES string of the molecule is COc1cc(Cl)nc(/N=C/c2cc(Br)ccc2O)n1. The lowest BCUT2D eigenvalue weighted by Crippen LogP contribution is -1.90. The molecule has 7 heteroatoms. The fourth-order valence-electron chi connectivity index (χ4n) is 1.30. The molecular weight excluding hydrogens is 334 g/mol. The number of rotatable bonds is 3. The monoisotopic (exact) mass is 341 g/mol. The van der Waals surface area contributed by atoms with Gasteiger partial charge in [-0.05, 0) is 18.2 Å². The molecule has 0 aliphatic heterocycles. The molecule has 2 rings (SSSR count). The number of ether oxygens (including phenoxy) is 1. The highest BCUT2D eigenvalue weighted by Gasteiger charge is 2.03. The lowest BCUT2D eigenvalue weighted by atomic mass is 10.2. The van der Waals surface area contributed by atoms with Crippen molar-refractivity contribution in [1.82, 2.24) is 9.97 Å². The molecule has 1 aromatic heterocycles. The third kappa shape index (κ3) is 3.65. The molecule has 19 heavy (non-hydrogen) atoms. The third-order valence-electron chi connectivity index (χ3n) is 2.18. The van der Waals surface area contributed by atoms with E-state index >= 15 is 0 Å². The summed E-state index contributed by atoms with van der Waals surface area (Å²) in [4.78, 5) is 12.0. The number of aromatic nitrogens is 2. The molecule has 0 saturated carbocycles. The van der Waals surface area contributed by atoms with Gasteiger partial charge in [0.2, 0.25) is 5.88 Å². The number of aliphatic imine (C=N–C) groups is 1. The predicted molar refractivity (Wildman–Crippen MR) is 76.7 cm³/mol. The van der Waals surface area contributed by atoms with E-state index in [1.165, 1.54) is 19.4 Å². The summed E-state index contributed by atoms with van der Waals surface area (Å²) in [5.74, 6) is 0.593. The second-order valence-corrected chi connectivity index (χ2v) is 4.80. The minimum Gasteiger partial charge on any atom is -0.507 e. The quantitative estimate of drug-likeness (QED) is 0.686. The van der Waals surface area contributed by atoms with Crippen LogP contribution in [0, 0.1) is 0 Å². The van der Waals surface area contributed by atoms with Crippen LogP contribution < -0.4 is 4.74 Å². The molecule has 0 unspecified atom stereocenters. The highest BCUT2D eigenvalue weighted by Crippen LogP contribution is 2.22. The number of benzene rings is 1. The van der Waals surface area contributed by atoms with Gasteiger partial charge >= 0.3 is 0 Å². The van der Waals surface area contributed by atoms with Crippen LogP contribution in [0.1, 0.15) is 5.56 Å². The summed E-state index contributed by atoms with van der Waals surface area (Å²) in [5.41, 5.74) is 0.539. The number of halogens is 2. The highest BCUT2D eigenvalue weighted by molar-refractivity contribution is 9.10. The largest absolute Gasteiger partial charge is 0.507 e. The van der Waals surface area contributed by atoms with Gasteiger partial charge in [0, 0.05) is 22.3 Å². The van der Waals surface area contributed by atoms with Crippen molar-refractivity contribution in [3.63, 3.8) is 0 Å². The predicted octanol–water partition coefficient (Wildman–Crippen LogP) is 3.36. The molecular formula is C12H9BrClN3O2. The Morgan fingerprint density at radius 1 is 1.37 bits per heavy atom. The van der Waals surface area contributed by atoms with Crippen LogP contribution in [0.15, 0.2) is 33.7 Å². The summed E-state index contributed by atoms with van der Waals surface area (Å²) in [6, 6.07) is 6.49. The molecule has 0 radical (unpaired) electrons. The van der Waals surface area contributed by atoms with Gasteiger partial charge in [0.15, 0.2) is 0 Å². The summed E-state index contributed by atoms with van der Waals surface area (Å²) < 4.78 is 5.79. The second kappa shape index (κ2) is 5.99. The fourth-order valence-corrected chi connectivity index (χ4v) is 1.85. The Hall–Kier alpha value is -1.66. The number of phenolic OH excluding ortho intramolecular Hbond substituents is 1. The minimum atomic E-state index is 0.112. The molecule has 0 aliphatic carbocycles. The van der Waals surface area contributed by atoms with Crippen molar-refractivity contribution in [1.29, 1.82) is 0 Å². The lowest BCUT2D eigenvalue weighted by Gasteiger charge is -2.01. The molecule has 0 amide bonds. The summed E-state index contributed by atoms with van der Waals surface area (Å²) in [6.07, 6.45) is 1.45. The van der Waals surface area contributed by atoms with Crippen molar-refractivity contribution in [2.45, 2.75) is 0 Å². The zero-order valence-corrected chi connectivity index (χ0v) is 12.2. The Morgan fingerprint density at radius 3 is 2.89 bits per heavy atom. The van der Waals surface area contributed by atoms with Crippen molar-refractivity contribution in [3.05, 3.63) is 39.5 Å². The maximum absolute atomic E-state index is 9.66. The van der Waals surface area contributed by atoms with Gasteiger partial charge in [0.1, 0.15) is 10.9 Å². The van der Waals surface area contributed by atoms with Gasteiger partial charge in [0.05, 0.1) is 7.11 Å². The number of nitrogens with zero attached hydrogens (tertiary/aromatic N) is 3. The average molecular weight is 343 g/mol. The lowest BCUT2D eigenvalue weighted by molar-refractivity contribution is 0.397. The Labute approximate surface area is 123 Å².